The summed E-state index contributed by atoms with van der Waals surface area (Å²) in [6.07, 6.45) is 3.67. The molecule has 3 aromatic rings. The summed E-state index contributed by atoms with van der Waals surface area (Å²) in [6, 6.07) is 15.5. The van der Waals surface area contributed by atoms with Crippen LogP contribution in [0, 0.1) is 0 Å². The molecule has 2 aromatic carbocycles. The smallest absolute Gasteiger partial charge is 0.340 e. The number of carbonyl (C=O) groups is 2. The number of aromatic nitrogens is 1. The first-order chi connectivity index (χ1) is 15.1. The van der Waals surface area contributed by atoms with Crippen molar-refractivity contribution in [3.8, 4) is 11.4 Å². The van der Waals surface area contributed by atoms with Crippen molar-refractivity contribution in [3.05, 3.63) is 59.8 Å². The van der Waals surface area contributed by atoms with E-state index < -0.39 is 5.97 Å². The summed E-state index contributed by atoms with van der Waals surface area (Å²) in [6.45, 7) is 6.41. The average Bonchev–Trinajstić information content (AvgIpc) is 3.07. The number of benzene rings is 2. The van der Waals surface area contributed by atoms with Crippen LogP contribution < -0.4 is 9.64 Å². The Balaban J connectivity index is 1.95. The molecule has 4 rings (SSSR count). The van der Waals surface area contributed by atoms with Gasteiger partial charge in [0.2, 0.25) is 0 Å². The summed E-state index contributed by atoms with van der Waals surface area (Å²) < 4.78 is 12.9. The van der Waals surface area contributed by atoms with Crippen molar-refractivity contribution in [2.45, 2.75) is 39.7 Å². The van der Waals surface area contributed by atoms with Gasteiger partial charge in [0, 0.05) is 18.0 Å². The Morgan fingerprint density at radius 1 is 1.03 bits per heavy atom. The Bertz CT molecular complexity index is 1080. The molecule has 0 amide bonds. The molecule has 1 aromatic heterocycles. The monoisotopic (exact) mass is 421 g/mol. The Hall–Kier alpha value is -3.12. The van der Waals surface area contributed by atoms with Crippen LogP contribution in [0.4, 0.5) is 0 Å². The zero-order chi connectivity index (χ0) is 21.8. The molecule has 2 heterocycles. The minimum Gasteiger partial charge on any atom is -0.462 e. The highest BCUT2D eigenvalue weighted by Gasteiger charge is 2.28. The second kappa shape index (κ2) is 9.35. The predicted octanol–water partition coefficient (Wildman–Crippen LogP) is 3.30. The third-order valence-corrected chi connectivity index (χ3v) is 5.77. The molecule has 31 heavy (non-hydrogen) atoms. The van der Waals surface area contributed by atoms with Crippen LogP contribution >= 0.6 is 0 Å². The van der Waals surface area contributed by atoms with Gasteiger partial charge in [0.1, 0.15) is 12.3 Å². The molecule has 1 saturated heterocycles. The third kappa shape index (κ3) is 4.49. The number of nitrogens with one attached hydrogen (secondary N) is 1. The first kappa shape index (κ1) is 21.1. The van der Waals surface area contributed by atoms with Crippen molar-refractivity contribution in [2.24, 2.45) is 0 Å². The number of piperidine rings is 1. The molecule has 0 atom stereocenters. The highest BCUT2D eigenvalue weighted by molar-refractivity contribution is 6.07. The van der Waals surface area contributed by atoms with E-state index in [0.717, 1.165) is 41.9 Å². The van der Waals surface area contributed by atoms with Gasteiger partial charge in [-0.15, -0.1) is 0 Å². The number of hydrogen-bond acceptors (Lipinski definition) is 4. The fraction of sp³-hybridized carbons (Fsp3) is 0.360. The van der Waals surface area contributed by atoms with Crippen LogP contribution in [-0.2, 0) is 16.1 Å². The summed E-state index contributed by atoms with van der Waals surface area (Å²) in [5.41, 5.74) is 3.40. The van der Waals surface area contributed by atoms with E-state index >= 15 is 0 Å². The molecular formula is C25H29N2O4+. The number of quaternary nitrogens is 1. The molecule has 162 valence electrons. The molecule has 1 aliphatic heterocycles. The van der Waals surface area contributed by atoms with Gasteiger partial charge in [-0.25, -0.2) is 4.79 Å². The molecule has 1 fully saturated rings. The standard InChI is InChI=1S/C25H28N2O4/c1-3-30-25(29)24-21-16-20(31-18(2)28)12-13-22(21)27(19-10-6-4-7-11-19)23(24)17-26-14-8-5-9-15-26/h4,6-7,10-13,16H,3,5,8-9,14-15,17H2,1-2H3/p+1. The Kier molecular flexibility index (Phi) is 6.37. The van der Waals surface area contributed by atoms with Crippen molar-refractivity contribution < 1.29 is 24.0 Å². The largest absolute Gasteiger partial charge is 0.462 e. The van der Waals surface area contributed by atoms with E-state index in [2.05, 4.69) is 4.57 Å². The van der Waals surface area contributed by atoms with E-state index in [1.807, 2.05) is 43.3 Å². The van der Waals surface area contributed by atoms with E-state index in [1.54, 1.807) is 12.1 Å². The average molecular weight is 422 g/mol. The molecule has 6 nitrogen and oxygen atoms in total. The molecule has 0 saturated carbocycles. The van der Waals surface area contributed by atoms with Crippen LogP contribution in [0.2, 0.25) is 0 Å². The molecule has 1 N–H and O–H groups in total. The lowest BCUT2D eigenvalue weighted by atomic mass is 10.1. The summed E-state index contributed by atoms with van der Waals surface area (Å²) in [4.78, 5) is 26.1. The van der Waals surface area contributed by atoms with Crippen LogP contribution in [0.1, 0.15) is 49.2 Å². The lowest BCUT2D eigenvalue weighted by Gasteiger charge is -2.24. The fourth-order valence-corrected chi connectivity index (χ4v) is 4.49. The number of hydrogen-bond donors (Lipinski definition) is 1. The van der Waals surface area contributed by atoms with Crippen molar-refractivity contribution in [1.29, 1.82) is 0 Å². The number of rotatable bonds is 6. The second-order valence-electron chi connectivity index (χ2n) is 7.97. The minimum absolute atomic E-state index is 0.302. The lowest BCUT2D eigenvalue weighted by Crippen LogP contribution is -3.11. The van der Waals surface area contributed by atoms with Crippen LogP contribution in [-0.4, -0.2) is 36.2 Å². The van der Waals surface area contributed by atoms with Crippen molar-refractivity contribution in [2.75, 3.05) is 19.7 Å². The van der Waals surface area contributed by atoms with Gasteiger partial charge in [0.15, 0.2) is 0 Å². The number of esters is 2. The Morgan fingerprint density at radius 2 is 1.77 bits per heavy atom. The maximum Gasteiger partial charge on any atom is 0.340 e. The molecule has 0 aliphatic carbocycles. The maximum absolute atomic E-state index is 13.1. The van der Waals surface area contributed by atoms with Gasteiger partial charge in [0.25, 0.3) is 0 Å². The van der Waals surface area contributed by atoms with Crippen molar-refractivity contribution in [3.63, 3.8) is 0 Å². The SMILES string of the molecule is CCOC(=O)c1c(C[NH+]2CCCCC2)n(-c2ccccc2)c2ccc(OC(C)=O)cc12. The zero-order valence-electron chi connectivity index (χ0n) is 18.1. The van der Waals surface area contributed by atoms with E-state index in [0.29, 0.717) is 17.9 Å². The van der Waals surface area contributed by atoms with Crippen LogP contribution in [0.5, 0.6) is 5.75 Å². The molecular weight excluding hydrogens is 392 g/mol. The minimum atomic E-state index is -0.391. The first-order valence-electron chi connectivity index (χ1n) is 11.0. The van der Waals surface area contributed by atoms with Crippen molar-refractivity contribution >= 4 is 22.8 Å². The van der Waals surface area contributed by atoms with E-state index in [9.17, 15) is 9.59 Å². The molecule has 0 spiro atoms. The van der Waals surface area contributed by atoms with Gasteiger partial charge in [-0.2, -0.15) is 0 Å². The summed E-state index contributed by atoms with van der Waals surface area (Å²) in [7, 11) is 0. The van der Waals surface area contributed by atoms with Gasteiger partial charge in [-0.1, -0.05) is 18.2 Å². The van der Waals surface area contributed by atoms with Crippen LogP contribution in [0.3, 0.4) is 0 Å². The third-order valence-electron chi connectivity index (χ3n) is 5.77. The van der Waals surface area contributed by atoms with Gasteiger partial charge in [-0.3, -0.25) is 4.79 Å². The Morgan fingerprint density at radius 3 is 2.45 bits per heavy atom. The van der Waals surface area contributed by atoms with Crippen LogP contribution in [0.15, 0.2) is 48.5 Å². The maximum atomic E-state index is 13.1. The summed E-state index contributed by atoms with van der Waals surface area (Å²) in [5, 5.41) is 0.743. The molecule has 0 radical (unpaired) electrons. The molecule has 0 unspecified atom stereocenters. The number of nitrogens with zero attached hydrogens (tertiary/aromatic N) is 1. The van der Waals surface area contributed by atoms with Gasteiger partial charge in [0.05, 0.1) is 36.5 Å². The Labute approximate surface area is 182 Å². The number of fused-ring (bicyclic) bond motifs is 1. The topological polar surface area (TPSA) is 62.0 Å². The summed E-state index contributed by atoms with van der Waals surface area (Å²) >= 11 is 0. The number of para-hydroxylation sites is 1. The van der Waals surface area contributed by atoms with Gasteiger partial charge >= 0.3 is 11.9 Å². The molecule has 0 bridgehead atoms. The summed E-state index contributed by atoms with van der Waals surface area (Å²) in [5.74, 6) is -0.307. The van der Waals surface area contributed by atoms with Gasteiger partial charge in [-0.05, 0) is 56.5 Å². The number of likely N-dealkylation sites (tertiary alicyclic amines) is 1. The van der Waals surface area contributed by atoms with E-state index in [1.165, 1.54) is 31.1 Å². The van der Waals surface area contributed by atoms with E-state index in [-0.39, 0.29) is 5.97 Å². The quantitative estimate of drug-likeness (QED) is 0.490. The second-order valence-corrected chi connectivity index (χ2v) is 7.97. The van der Waals surface area contributed by atoms with Crippen LogP contribution in [0.25, 0.3) is 16.6 Å². The fourth-order valence-electron chi connectivity index (χ4n) is 4.49. The van der Waals surface area contributed by atoms with E-state index in [4.69, 9.17) is 9.47 Å². The first-order valence-corrected chi connectivity index (χ1v) is 11.0. The molecule has 1 aliphatic rings. The molecule has 6 heteroatoms. The zero-order valence-corrected chi connectivity index (χ0v) is 18.1. The highest BCUT2D eigenvalue weighted by atomic mass is 16.5. The number of carbonyl (C=O) groups excluding carboxylic acids is 2. The lowest BCUT2D eigenvalue weighted by molar-refractivity contribution is -0.918. The highest BCUT2D eigenvalue weighted by Crippen LogP contribution is 2.33. The predicted molar refractivity (Wildman–Crippen MR) is 119 cm³/mol. The number of ether oxygens (including phenoxy) is 2. The van der Waals surface area contributed by atoms with Gasteiger partial charge < -0.3 is 18.9 Å². The normalized spacial score (nSPS) is 14.5. The van der Waals surface area contributed by atoms with Crippen molar-refractivity contribution in [1.82, 2.24) is 4.57 Å².